The van der Waals surface area contributed by atoms with Crippen LogP contribution in [0.15, 0.2) is 24.3 Å². The maximum Gasteiger partial charge on any atom is 0.307 e. The molecule has 0 unspecified atom stereocenters. The molecule has 2 rings (SSSR count). The van der Waals surface area contributed by atoms with E-state index in [0.717, 1.165) is 12.8 Å². The molecule has 1 saturated heterocycles. The van der Waals surface area contributed by atoms with Crippen LogP contribution < -0.4 is 0 Å². The Kier molecular flexibility index (Phi) is 2.25. The number of hydrogen-bond donors (Lipinski definition) is 0. The molecule has 0 saturated carbocycles. The molecular weight excluding hydrogens is 192 g/mol. The summed E-state index contributed by atoms with van der Waals surface area (Å²) in [6.45, 7) is 2.04. The molecule has 80 valence electrons. The van der Waals surface area contributed by atoms with E-state index < -0.39 is 5.60 Å². The topological polar surface area (TPSA) is 43.4 Å². The third kappa shape index (κ3) is 1.42. The van der Waals surface area contributed by atoms with Crippen LogP contribution in [0.1, 0.15) is 26.2 Å². The highest BCUT2D eigenvalue weighted by atomic mass is 16.6. The zero-order chi connectivity index (χ0) is 10.9. The number of hydrogen-bond acceptors (Lipinski definition) is 3. The fourth-order valence-corrected chi connectivity index (χ4v) is 2.46. The molecule has 2 aliphatic rings. The first-order valence-corrected chi connectivity index (χ1v) is 5.14. The summed E-state index contributed by atoms with van der Waals surface area (Å²) >= 11 is 0. The van der Waals surface area contributed by atoms with Crippen LogP contribution in [0.4, 0.5) is 0 Å². The van der Waals surface area contributed by atoms with Crippen LogP contribution in [0.3, 0.4) is 0 Å². The van der Waals surface area contributed by atoms with E-state index in [1.165, 1.54) is 6.08 Å². The highest BCUT2D eigenvalue weighted by Crippen LogP contribution is 2.51. The van der Waals surface area contributed by atoms with Gasteiger partial charge in [-0.15, -0.1) is 0 Å². The normalized spacial score (nSPS) is 39.1. The Morgan fingerprint density at radius 3 is 3.07 bits per heavy atom. The van der Waals surface area contributed by atoms with Gasteiger partial charge >= 0.3 is 5.97 Å². The molecular formula is C12H14O3. The van der Waals surface area contributed by atoms with Crippen molar-refractivity contribution < 1.29 is 14.3 Å². The molecule has 0 aromatic heterocycles. The Bertz CT molecular complexity index is 356. The molecule has 0 spiro atoms. The molecule has 0 amide bonds. The number of esters is 1. The SMILES string of the molecule is C[C@@]12CCC=C[C@]1(/C=C/C=O)OC(=O)C2. The van der Waals surface area contributed by atoms with Crippen molar-refractivity contribution in [2.45, 2.75) is 31.8 Å². The zero-order valence-electron chi connectivity index (χ0n) is 8.73. The summed E-state index contributed by atoms with van der Waals surface area (Å²) in [5.41, 5.74) is -0.887. The first kappa shape index (κ1) is 10.1. The Morgan fingerprint density at radius 2 is 2.33 bits per heavy atom. The molecule has 1 aliphatic carbocycles. The highest BCUT2D eigenvalue weighted by molar-refractivity contribution is 5.76. The van der Waals surface area contributed by atoms with E-state index in [1.807, 2.05) is 19.1 Å². The van der Waals surface area contributed by atoms with Crippen molar-refractivity contribution in [3.8, 4) is 0 Å². The van der Waals surface area contributed by atoms with Crippen LogP contribution in [-0.4, -0.2) is 17.9 Å². The molecule has 15 heavy (non-hydrogen) atoms. The second-order valence-electron chi connectivity index (χ2n) is 4.44. The van der Waals surface area contributed by atoms with E-state index in [2.05, 4.69) is 0 Å². The number of allylic oxidation sites excluding steroid dienone is 2. The largest absolute Gasteiger partial charge is 0.450 e. The molecule has 1 fully saturated rings. The van der Waals surface area contributed by atoms with Gasteiger partial charge in [0, 0.05) is 5.41 Å². The summed E-state index contributed by atoms with van der Waals surface area (Å²) in [7, 11) is 0. The minimum atomic E-state index is -0.691. The zero-order valence-corrected chi connectivity index (χ0v) is 8.73. The van der Waals surface area contributed by atoms with Gasteiger partial charge in [0.05, 0.1) is 6.42 Å². The van der Waals surface area contributed by atoms with E-state index >= 15 is 0 Å². The molecule has 0 aromatic carbocycles. The summed E-state index contributed by atoms with van der Waals surface area (Å²) in [6.07, 6.45) is 10.0. The summed E-state index contributed by atoms with van der Waals surface area (Å²) < 4.78 is 5.39. The molecule has 1 aliphatic heterocycles. The lowest BCUT2D eigenvalue weighted by molar-refractivity contribution is -0.144. The van der Waals surface area contributed by atoms with Gasteiger partial charge in [-0.3, -0.25) is 9.59 Å². The number of aldehydes is 1. The molecule has 2 atom stereocenters. The summed E-state index contributed by atoms with van der Waals surface area (Å²) in [5.74, 6) is -0.181. The van der Waals surface area contributed by atoms with Crippen molar-refractivity contribution in [1.29, 1.82) is 0 Å². The van der Waals surface area contributed by atoms with E-state index in [1.54, 1.807) is 6.08 Å². The molecule has 3 heteroatoms. The Morgan fingerprint density at radius 1 is 1.53 bits per heavy atom. The van der Waals surface area contributed by atoms with E-state index in [-0.39, 0.29) is 11.4 Å². The van der Waals surface area contributed by atoms with Crippen molar-refractivity contribution in [3.63, 3.8) is 0 Å². The summed E-state index contributed by atoms with van der Waals surface area (Å²) in [4.78, 5) is 21.8. The van der Waals surface area contributed by atoms with Crippen LogP contribution in [0.2, 0.25) is 0 Å². The molecule has 0 bridgehead atoms. The number of carbonyl (C=O) groups excluding carboxylic acids is 2. The van der Waals surface area contributed by atoms with Crippen molar-refractivity contribution in [2.75, 3.05) is 0 Å². The fraction of sp³-hybridized carbons (Fsp3) is 0.500. The van der Waals surface area contributed by atoms with Crippen LogP contribution in [0, 0.1) is 5.41 Å². The lowest BCUT2D eigenvalue weighted by atomic mass is 9.67. The average Bonchev–Trinajstić information content (AvgIpc) is 2.45. The van der Waals surface area contributed by atoms with E-state index in [0.29, 0.717) is 12.7 Å². The molecule has 3 nitrogen and oxygen atoms in total. The van der Waals surface area contributed by atoms with Gasteiger partial charge in [-0.25, -0.2) is 0 Å². The van der Waals surface area contributed by atoms with Gasteiger partial charge < -0.3 is 4.74 Å². The van der Waals surface area contributed by atoms with Crippen molar-refractivity contribution in [2.24, 2.45) is 5.41 Å². The lowest BCUT2D eigenvalue weighted by Gasteiger charge is -2.39. The maximum absolute atomic E-state index is 11.4. The fourth-order valence-electron chi connectivity index (χ4n) is 2.46. The number of fused-ring (bicyclic) bond motifs is 1. The Balaban J connectivity index is 2.43. The third-order valence-corrected chi connectivity index (χ3v) is 3.41. The van der Waals surface area contributed by atoms with Gasteiger partial charge in [-0.05, 0) is 31.1 Å². The van der Waals surface area contributed by atoms with Crippen molar-refractivity contribution >= 4 is 12.3 Å². The second-order valence-corrected chi connectivity index (χ2v) is 4.44. The number of carbonyl (C=O) groups is 2. The highest BCUT2D eigenvalue weighted by Gasteiger charge is 2.55. The minimum absolute atomic E-state index is 0.181. The molecule has 0 radical (unpaired) electrons. The van der Waals surface area contributed by atoms with Crippen LogP contribution in [0.5, 0.6) is 0 Å². The molecule has 1 heterocycles. The number of ether oxygens (including phenoxy) is 1. The minimum Gasteiger partial charge on any atom is -0.450 e. The predicted molar refractivity (Wildman–Crippen MR) is 55.1 cm³/mol. The van der Waals surface area contributed by atoms with Crippen LogP contribution in [-0.2, 0) is 14.3 Å². The first-order chi connectivity index (χ1) is 7.12. The molecule has 0 N–H and O–H groups in total. The summed E-state index contributed by atoms with van der Waals surface area (Å²) in [6, 6.07) is 0. The van der Waals surface area contributed by atoms with Gasteiger partial charge in [0.25, 0.3) is 0 Å². The third-order valence-electron chi connectivity index (χ3n) is 3.41. The van der Waals surface area contributed by atoms with Gasteiger partial charge in [0.2, 0.25) is 0 Å². The van der Waals surface area contributed by atoms with Gasteiger partial charge in [0.15, 0.2) is 5.60 Å². The smallest absolute Gasteiger partial charge is 0.307 e. The average molecular weight is 206 g/mol. The maximum atomic E-state index is 11.4. The predicted octanol–water partition coefficient (Wildman–Crippen LogP) is 1.78. The van der Waals surface area contributed by atoms with Gasteiger partial charge in [-0.2, -0.15) is 0 Å². The van der Waals surface area contributed by atoms with Crippen LogP contribution in [0.25, 0.3) is 0 Å². The monoisotopic (exact) mass is 206 g/mol. The molecule has 0 aromatic rings. The standard InChI is InChI=1S/C12H14O3/c1-11-5-2-3-6-12(11,7-4-8-13)15-10(14)9-11/h3-4,6-8H,2,5,9H2,1H3/b7-4+/t11-,12+/m0/s1. The Labute approximate surface area is 88.8 Å². The summed E-state index contributed by atoms with van der Waals surface area (Å²) in [5, 5.41) is 0. The quantitative estimate of drug-likeness (QED) is 0.299. The second kappa shape index (κ2) is 3.33. The van der Waals surface area contributed by atoms with Gasteiger partial charge in [-0.1, -0.05) is 13.0 Å². The van der Waals surface area contributed by atoms with Crippen molar-refractivity contribution in [1.82, 2.24) is 0 Å². The Hall–Kier alpha value is -1.38. The lowest BCUT2D eigenvalue weighted by Crippen LogP contribution is -2.41. The number of rotatable bonds is 2. The van der Waals surface area contributed by atoms with E-state index in [4.69, 9.17) is 4.74 Å². The van der Waals surface area contributed by atoms with Gasteiger partial charge in [0.1, 0.15) is 6.29 Å². The van der Waals surface area contributed by atoms with Crippen LogP contribution >= 0.6 is 0 Å². The van der Waals surface area contributed by atoms with E-state index in [9.17, 15) is 9.59 Å². The first-order valence-electron chi connectivity index (χ1n) is 5.14. The van der Waals surface area contributed by atoms with Crippen molar-refractivity contribution in [3.05, 3.63) is 24.3 Å².